The number of hydrogen-bond acceptors (Lipinski definition) is 3. The first kappa shape index (κ1) is 21.6. The van der Waals surface area contributed by atoms with Crippen LogP contribution in [0.2, 0.25) is 0 Å². The molecule has 1 aromatic carbocycles. The first-order chi connectivity index (χ1) is 11.4. The Morgan fingerprint density at radius 1 is 1.28 bits per heavy atom. The molecule has 0 saturated heterocycles. The highest BCUT2D eigenvalue weighted by Gasteiger charge is 2.33. The second kappa shape index (κ2) is 9.90. The predicted octanol–water partition coefficient (Wildman–Crippen LogP) is 3.83. The second-order valence-corrected chi connectivity index (χ2v) is 5.80. The molecule has 138 valence electrons. The van der Waals surface area contributed by atoms with Crippen LogP contribution in [0.25, 0.3) is 0 Å². The van der Waals surface area contributed by atoms with E-state index in [1.165, 1.54) is 12.1 Å². The van der Waals surface area contributed by atoms with Crippen molar-refractivity contribution in [3.63, 3.8) is 0 Å². The molecule has 2 rings (SSSR count). The molecule has 0 aliphatic heterocycles. The van der Waals surface area contributed by atoms with Gasteiger partial charge in [-0.05, 0) is 17.7 Å². The fourth-order valence-electron chi connectivity index (χ4n) is 1.90. The summed E-state index contributed by atoms with van der Waals surface area (Å²) in [6.45, 7) is 0.764. The molecule has 25 heavy (non-hydrogen) atoms. The maximum absolute atomic E-state index is 13.1. The molecule has 0 aliphatic rings. The number of hydrogen-bond donors (Lipinski definition) is 2. The SMILES string of the molecule is CN=C(NCCc1nc(C(F)(F)F)cs1)NCc1cccc(F)c1.I. The van der Waals surface area contributed by atoms with Gasteiger partial charge in [0.05, 0.1) is 5.01 Å². The molecule has 0 radical (unpaired) electrons. The maximum atomic E-state index is 13.1. The third kappa shape index (κ3) is 7.14. The van der Waals surface area contributed by atoms with E-state index in [4.69, 9.17) is 0 Å². The van der Waals surface area contributed by atoms with Crippen molar-refractivity contribution < 1.29 is 17.6 Å². The van der Waals surface area contributed by atoms with Gasteiger partial charge in [-0.2, -0.15) is 13.2 Å². The number of nitrogens with one attached hydrogen (secondary N) is 2. The van der Waals surface area contributed by atoms with Crippen molar-refractivity contribution in [1.82, 2.24) is 15.6 Å². The van der Waals surface area contributed by atoms with Crippen molar-refractivity contribution in [3.05, 3.63) is 51.7 Å². The fourth-order valence-corrected chi connectivity index (χ4v) is 2.70. The Bertz CT molecular complexity index is 703. The second-order valence-electron chi connectivity index (χ2n) is 4.86. The number of thiazole rings is 1. The number of aliphatic imine (C=N–C) groups is 1. The van der Waals surface area contributed by atoms with Crippen LogP contribution in [0.3, 0.4) is 0 Å². The van der Waals surface area contributed by atoms with E-state index < -0.39 is 11.9 Å². The van der Waals surface area contributed by atoms with Gasteiger partial charge in [0.1, 0.15) is 5.82 Å². The monoisotopic (exact) mass is 488 g/mol. The largest absolute Gasteiger partial charge is 0.434 e. The third-order valence-electron chi connectivity index (χ3n) is 3.05. The first-order valence-electron chi connectivity index (χ1n) is 7.09. The molecule has 0 bridgehead atoms. The highest BCUT2D eigenvalue weighted by atomic mass is 127. The molecule has 0 spiro atoms. The molecule has 0 fully saturated rings. The zero-order chi connectivity index (χ0) is 17.6. The van der Waals surface area contributed by atoms with E-state index in [-0.39, 0.29) is 29.8 Å². The van der Waals surface area contributed by atoms with Gasteiger partial charge in [0.2, 0.25) is 0 Å². The molecule has 0 atom stereocenters. The Balaban J connectivity index is 0.00000312. The van der Waals surface area contributed by atoms with Gasteiger partial charge in [0, 0.05) is 31.9 Å². The minimum absolute atomic E-state index is 0. The van der Waals surface area contributed by atoms with E-state index in [1.54, 1.807) is 19.2 Å². The number of alkyl halides is 3. The summed E-state index contributed by atoms with van der Waals surface area (Å²) in [6, 6.07) is 6.16. The predicted molar refractivity (Wildman–Crippen MR) is 101 cm³/mol. The molecule has 0 amide bonds. The van der Waals surface area contributed by atoms with Crippen molar-refractivity contribution in [2.45, 2.75) is 19.1 Å². The zero-order valence-corrected chi connectivity index (χ0v) is 16.4. The number of benzene rings is 1. The average molecular weight is 488 g/mol. The van der Waals surface area contributed by atoms with Crippen molar-refractivity contribution in [1.29, 1.82) is 0 Å². The standard InChI is InChI=1S/C15H16F4N4S.HI/c1-20-14(22-8-10-3-2-4-11(16)7-10)21-6-5-13-23-12(9-24-13)15(17,18)19;/h2-4,7,9H,5-6,8H2,1H3,(H2,20,21,22);1H. The van der Waals surface area contributed by atoms with Crippen LogP contribution in [0.1, 0.15) is 16.3 Å². The Morgan fingerprint density at radius 3 is 2.64 bits per heavy atom. The summed E-state index contributed by atoms with van der Waals surface area (Å²) in [4.78, 5) is 7.56. The molecule has 4 nitrogen and oxygen atoms in total. The molecule has 1 heterocycles. The molecule has 10 heteroatoms. The minimum Gasteiger partial charge on any atom is -0.356 e. The van der Waals surface area contributed by atoms with Crippen LogP contribution in [-0.4, -0.2) is 24.5 Å². The number of guanidine groups is 1. The topological polar surface area (TPSA) is 49.3 Å². The lowest BCUT2D eigenvalue weighted by Gasteiger charge is -2.11. The Morgan fingerprint density at radius 2 is 2.04 bits per heavy atom. The normalized spacial score (nSPS) is 11.8. The van der Waals surface area contributed by atoms with E-state index in [1.807, 2.05) is 0 Å². The maximum Gasteiger partial charge on any atom is 0.434 e. The molecule has 0 unspecified atom stereocenters. The van der Waals surface area contributed by atoms with Crippen molar-refractivity contribution >= 4 is 41.3 Å². The van der Waals surface area contributed by atoms with Gasteiger partial charge in [-0.3, -0.25) is 4.99 Å². The van der Waals surface area contributed by atoms with Gasteiger partial charge >= 0.3 is 6.18 Å². The van der Waals surface area contributed by atoms with E-state index in [0.717, 1.165) is 22.3 Å². The number of nitrogens with zero attached hydrogens (tertiary/aromatic N) is 2. The zero-order valence-electron chi connectivity index (χ0n) is 13.2. The third-order valence-corrected chi connectivity index (χ3v) is 3.95. The molecular formula is C15H17F4IN4S. The Kier molecular flexibility index (Phi) is 8.56. The van der Waals surface area contributed by atoms with Crippen LogP contribution in [-0.2, 0) is 19.1 Å². The number of rotatable bonds is 5. The smallest absolute Gasteiger partial charge is 0.356 e. The molecule has 2 aromatic rings. The highest BCUT2D eigenvalue weighted by Crippen LogP contribution is 2.29. The summed E-state index contributed by atoms with van der Waals surface area (Å²) in [5, 5.41) is 7.39. The molecule has 1 aromatic heterocycles. The quantitative estimate of drug-likeness (QED) is 0.291. The van der Waals surface area contributed by atoms with Crippen LogP contribution in [0, 0.1) is 5.82 Å². The minimum atomic E-state index is -4.41. The Labute approximate surface area is 163 Å². The lowest BCUT2D eigenvalue weighted by Crippen LogP contribution is -2.37. The van der Waals surface area contributed by atoms with E-state index in [0.29, 0.717) is 30.5 Å². The van der Waals surface area contributed by atoms with Gasteiger partial charge in [-0.25, -0.2) is 9.37 Å². The van der Waals surface area contributed by atoms with Crippen LogP contribution >= 0.6 is 35.3 Å². The lowest BCUT2D eigenvalue weighted by molar-refractivity contribution is -0.140. The first-order valence-corrected chi connectivity index (χ1v) is 7.97. The van der Waals surface area contributed by atoms with Gasteiger partial charge < -0.3 is 10.6 Å². The van der Waals surface area contributed by atoms with Crippen LogP contribution in [0.15, 0.2) is 34.6 Å². The fraction of sp³-hybridized carbons (Fsp3) is 0.333. The van der Waals surface area contributed by atoms with Crippen molar-refractivity contribution in [3.8, 4) is 0 Å². The van der Waals surface area contributed by atoms with Crippen LogP contribution in [0.4, 0.5) is 17.6 Å². The van der Waals surface area contributed by atoms with Crippen LogP contribution in [0.5, 0.6) is 0 Å². The average Bonchev–Trinajstić information content (AvgIpc) is 3.00. The molecule has 0 saturated carbocycles. The Hall–Kier alpha value is -1.43. The summed E-state index contributed by atoms with van der Waals surface area (Å²) >= 11 is 0.974. The summed E-state index contributed by atoms with van der Waals surface area (Å²) in [6.07, 6.45) is -4.06. The van der Waals surface area contributed by atoms with E-state index in [2.05, 4.69) is 20.6 Å². The van der Waals surface area contributed by atoms with Crippen molar-refractivity contribution in [2.24, 2.45) is 4.99 Å². The lowest BCUT2D eigenvalue weighted by atomic mass is 10.2. The molecular weight excluding hydrogens is 471 g/mol. The van der Waals surface area contributed by atoms with Gasteiger partial charge in [0.25, 0.3) is 0 Å². The van der Waals surface area contributed by atoms with E-state index in [9.17, 15) is 17.6 Å². The highest BCUT2D eigenvalue weighted by molar-refractivity contribution is 14.0. The number of aromatic nitrogens is 1. The van der Waals surface area contributed by atoms with Gasteiger partial charge in [-0.15, -0.1) is 35.3 Å². The summed E-state index contributed by atoms with van der Waals surface area (Å²) < 4.78 is 50.5. The summed E-state index contributed by atoms with van der Waals surface area (Å²) in [7, 11) is 1.58. The van der Waals surface area contributed by atoms with Gasteiger partial charge in [-0.1, -0.05) is 12.1 Å². The van der Waals surface area contributed by atoms with Gasteiger partial charge in [0.15, 0.2) is 11.7 Å². The molecule has 2 N–H and O–H groups in total. The van der Waals surface area contributed by atoms with Crippen LogP contribution < -0.4 is 10.6 Å². The summed E-state index contributed by atoms with van der Waals surface area (Å²) in [5.41, 5.74) is -0.108. The van der Waals surface area contributed by atoms with Crippen molar-refractivity contribution in [2.75, 3.05) is 13.6 Å². The number of halogens is 5. The van der Waals surface area contributed by atoms with E-state index >= 15 is 0 Å². The molecule has 0 aliphatic carbocycles. The summed E-state index contributed by atoms with van der Waals surface area (Å²) in [5.74, 6) is 0.161.